The van der Waals surface area contributed by atoms with Gasteiger partial charge < -0.3 is 15.5 Å². The predicted octanol–water partition coefficient (Wildman–Crippen LogP) is 3.51. The Morgan fingerprint density at radius 1 is 1.17 bits per heavy atom. The number of nitrogens with two attached hydrogens (primary N) is 1. The lowest BCUT2D eigenvalue weighted by Crippen LogP contribution is -2.12. The van der Waals surface area contributed by atoms with Gasteiger partial charge in [0.15, 0.2) is 5.82 Å². The molecule has 0 fully saturated rings. The van der Waals surface area contributed by atoms with Crippen LogP contribution in [0.3, 0.4) is 0 Å². The van der Waals surface area contributed by atoms with E-state index in [4.69, 9.17) is 5.73 Å². The van der Waals surface area contributed by atoms with Crippen molar-refractivity contribution in [1.29, 1.82) is 0 Å². The molecule has 1 aromatic carbocycles. The van der Waals surface area contributed by atoms with Crippen molar-refractivity contribution in [2.75, 3.05) is 5.32 Å². The summed E-state index contributed by atoms with van der Waals surface area (Å²) in [5.74, 6) is 0.735. The molecule has 4 aromatic rings. The number of pyridine rings is 1. The number of nitrogens with one attached hydrogen (secondary N) is 1. The minimum absolute atomic E-state index is 0.291. The van der Waals surface area contributed by atoms with Gasteiger partial charge in [0.25, 0.3) is 5.91 Å². The Kier molecular flexibility index (Phi) is 5.14. The average molecular weight is 404 g/mol. The molecule has 0 atom stereocenters. The van der Waals surface area contributed by atoms with Gasteiger partial charge in [-0.3, -0.25) is 4.79 Å². The summed E-state index contributed by atoms with van der Waals surface area (Å²) in [5.41, 5.74) is 9.11. The number of halogens is 1. The third-order valence-corrected chi connectivity index (χ3v) is 4.82. The lowest BCUT2D eigenvalue weighted by molar-refractivity contribution is 0.100. The van der Waals surface area contributed by atoms with Gasteiger partial charge in [0.05, 0.1) is 16.8 Å². The van der Waals surface area contributed by atoms with Crippen LogP contribution in [0.15, 0.2) is 48.7 Å². The summed E-state index contributed by atoms with van der Waals surface area (Å²) in [6.07, 6.45) is 2.47. The van der Waals surface area contributed by atoms with E-state index in [-0.39, 0.29) is 5.82 Å². The fourth-order valence-corrected chi connectivity index (χ4v) is 3.41. The maximum Gasteiger partial charge on any atom is 0.250 e. The quantitative estimate of drug-likeness (QED) is 0.512. The molecular formula is C22H21FN6O. The van der Waals surface area contributed by atoms with Crippen molar-refractivity contribution in [1.82, 2.24) is 19.4 Å². The zero-order chi connectivity index (χ0) is 21.3. The van der Waals surface area contributed by atoms with Crippen molar-refractivity contribution in [2.24, 2.45) is 5.73 Å². The van der Waals surface area contributed by atoms with Crippen LogP contribution in [-0.2, 0) is 13.0 Å². The van der Waals surface area contributed by atoms with Crippen LogP contribution in [0.1, 0.15) is 34.2 Å². The molecule has 3 heterocycles. The van der Waals surface area contributed by atoms with E-state index < -0.39 is 5.91 Å². The van der Waals surface area contributed by atoms with Crippen molar-refractivity contribution >= 4 is 17.4 Å². The van der Waals surface area contributed by atoms with Crippen LogP contribution in [0.5, 0.6) is 0 Å². The van der Waals surface area contributed by atoms with Crippen LogP contribution in [0, 0.1) is 12.7 Å². The fourth-order valence-electron chi connectivity index (χ4n) is 3.41. The van der Waals surface area contributed by atoms with Gasteiger partial charge in [-0.25, -0.2) is 9.37 Å². The summed E-state index contributed by atoms with van der Waals surface area (Å²) in [6.45, 7) is 4.27. The van der Waals surface area contributed by atoms with Gasteiger partial charge in [0, 0.05) is 19.2 Å². The molecule has 3 aromatic heterocycles. The van der Waals surface area contributed by atoms with Gasteiger partial charge in [-0.2, -0.15) is 9.97 Å². The Hall–Kier alpha value is -3.81. The van der Waals surface area contributed by atoms with E-state index in [0.29, 0.717) is 41.6 Å². The number of rotatable bonds is 6. The summed E-state index contributed by atoms with van der Waals surface area (Å²) in [5, 5.41) is 3.15. The Labute approximate surface area is 172 Å². The molecule has 1 amide bonds. The summed E-state index contributed by atoms with van der Waals surface area (Å²) in [4.78, 5) is 25.4. The van der Waals surface area contributed by atoms with Gasteiger partial charge in [-0.15, -0.1) is 0 Å². The standard InChI is InChI=1S/C22H21FN6O/c1-3-18-26-21(28-22(27-18)25-12-14-6-4-7-15(23)11-14)19-13(2)10-17-16(20(24)30)8-5-9-29(17)19/h4-11H,3,12H2,1-2H3,(H2,24,30)(H,25,26,27,28). The number of hydrogen-bond donors (Lipinski definition) is 2. The molecule has 4 rings (SSSR count). The summed E-state index contributed by atoms with van der Waals surface area (Å²) in [6, 6.07) is 11.7. The normalized spacial score (nSPS) is 11.0. The highest BCUT2D eigenvalue weighted by atomic mass is 19.1. The number of aromatic nitrogens is 4. The van der Waals surface area contributed by atoms with Crippen LogP contribution in [0.2, 0.25) is 0 Å². The number of carbonyl (C=O) groups excluding carboxylic acids is 1. The number of hydrogen-bond acceptors (Lipinski definition) is 5. The van der Waals surface area contributed by atoms with E-state index in [1.807, 2.05) is 36.6 Å². The summed E-state index contributed by atoms with van der Waals surface area (Å²) in [7, 11) is 0. The van der Waals surface area contributed by atoms with Gasteiger partial charge in [-0.05, 0) is 48.4 Å². The first kappa shape index (κ1) is 19.5. The number of fused-ring (bicyclic) bond motifs is 1. The van der Waals surface area contributed by atoms with Gasteiger partial charge in [0.2, 0.25) is 5.95 Å². The Morgan fingerprint density at radius 2 is 2.00 bits per heavy atom. The molecule has 0 aliphatic rings. The molecule has 0 aliphatic carbocycles. The molecule has 0 radical (unpaired) electrons. The second-order valence-corrected chi connectivity index (χ2v) is 6.95. The number of primary amides is 1. The van der Waals surface area contributed by atoms with E-state index in [1.165, 1.54) is 12.1 Å². The maximum atomic E-state index is 13.4. The lowest BCUT2D eigenvalue weighted by Gasteiger charge is -2.10. The van der Waals surface area contributed by atoms with Crippen LogP contribution >= 0.6 is 0 Å². The van der Waals surface area contributed by atoms with Crippen LogP contribution in [0.4, 0.5) is 10.3 Å². The molecule has 30 heavy (non-hydrogen) atoms. The van der Waals surface area contributed by atoms with E-state index in [1.54, 1.807) is 18.2 Å². The Morgan fingerprint density at radius 3 is 2.73 bits per heavy atom. The number of anilines is 1. The van der Waals surface area contributed by atoms with Gasteiger partial charge >= 0.3 is 0 Å². The largest absolute Gasteiger partial charge is 0.366 e. The molecule has 0 aliphatic heterocycles. The number of benzene rings is 1. The zero-order valence-electron chi connectivity index (χ0n) is 16.7. The molecule has 0 bridgehead atoms. The molecule has 0 saturated heterocycles. The smallest absolute Gasteiger partial charge is 0.250 e. The molecule has 7 nitrogen and oxygen atoms in total. The second kappa shape index (κ2) is 7.90. The van der Waals surface area contributed by atoms with Crippen molar-refractivity contribution in [3.05, 3.63) is 77.0 Å². The van der Waals surface area contributed by atoms with Crippen molar-refractivity contribution in [2.45, 2.75) is 26.8 Å². The maximum absolute atomic E-state index is 13.4. The van der Waals surface area contributed by atoms with E-state index >= 15 is 0 Å². The van der Waals surface area contributed by atoms with Crippen molar-refractivity contribution in [3.63, 3.8) is 0 Å². The first-order valence-electron chi connectivity index (χ1n) is 9.60. The molecule has 3 N–H and O–H groups in total. The first-order valence-corrected chi connectivity index (χ1v) is 9.60. The predicted molar refractivity (Wildman–Crippen MR) is 113 cm³/mol. The first-order chi connectivity index (χ1) is 14.5. The third-order valence-electron chi connectivity index (χ3n) is 4.82. The van der Waals surface area contributed by atoms with Crippen LogP contribution in [-0.4, -0.2) is 25.3 Å². The number of carbonyl (C=O) groups is 1. The third kappa shape index (κ3) is 3.71. The van der Waals surface area contributed by atoms with Gasteiger partial charge in [0.1, 0.15) is 11.6 Å². The molecule has 152 valence electrons. The topological polar surface area (TPSA) is 98.2 Å². The molecule has 0 spiro atoms. The minimum atomic E-state index is -0.494. The highest BCUT2D eigenvalue weighted by molar-refractivity contribution is 6.00. The average Bonchev–Trinajstić information content (AvgIpc) is 3.07. The van der Waals surface area contributed by atoms with E-state index in [0.717, 1.165) is 16.8 Å². The number of amides is 1. The molecular weight excluding hydrogens is 383 g/mol. The Balaban J connectivity index is 1.76. The number of aryl methyl sites for hydroxylation is 2. The molecule has 0 unspecified atom stereocenters. The van der Waals surface area contributed by atoms with Crippen molar-refractivity contribution < 1.29 is 9.18 Å². The lowest BCUT2D eigenvalue weighted by atomic mass is 10.2. The van der Waals surface area contributed by atoms with E-state index in [2.05, 4.69) is 20.3 Å². The highest BCUT2D eigenvalue weighted by Gasteiger charge is 2.17. The summed E-state index contributed by atoms with van der Waals surface area (Å²) < 4.78 is 15.3. The molecule has 0 saturated carbocycles. The van der Waals surface area contributed by atoms with Crippen molar-refractivity contribution in [3.8, 4) is 11.5 Å². The minimum Gasteiger partial charge on any atom is -0.366 e. The monoisotopic (exact) mass is 404 g/mol. The van der Waals surface area contributed by atoms with E-state index in [9.17, 15) is 9.18 Å². The second-order valence-electron chi connectivity index (χ2n) is 6.95. The molecule has 8 heteroatoms. The Bertz CT molecular complexity index is 1250. The van der Waals surface area contributed by atoms with Gasteiger partial charge in [-0.1, -0.05) is 19.1 Å². The zero-order valence-corrected chi connectivity index (χ0v) is 16.7. The fraction of sp³-hybridized carbons (Fsp3) is 0.182. The summed E-state index contributed by atoms with van der Waals surface area (Å²) >= 11 is 0. The van der Waals surface area contributed by atoms with Crippen LogP contribution in [0.25, 0.3) is 17.0 Å². The SMILES string of the molecule is CCc1nc(NCc2cccc(F)c2)nc(-c2c(C)cc3c(C(N)=O)cccn23)n1. The van der Waals surface area contributed by atoms with Crippen LogP contribution < -0.4 is 11.1 Å². The highest BCUT2D eigenvalue weighted by Crippen LogP contribution is 2.27. The number of nitrogens with zero attached hydrogens (tertiary/aromatic N) is 4.